The SMILES string of the molecule is Cc1ccc(-n2ncc3c(NCc4ccccn4)ncnc32)cc1Cl. The molecule has 0 bridgehead atoms. The van der Waals surface area contributed by atoms with Crippen LogP contribution in [0.1, 0.15) is 11.3 Å². The lowest BCUT2D eigenvalue weighted by atomic mass is 10.2. The van der Waals surface area contributed by atoms with Crippen molar-refractivity contribution in [3.05, 3.63) is 71.4 Å². The van der Waals surface area contributed by atoms with Gasteiger partial charge in [0, 0.05) is 11.2 Å². The van der Waals surface area contributed by atoms with Crippen LogP contribution in [-0.2, 0) is 6.54 Å². The number of pyridine rings is 1. The Balaban J connectivity index is 1.69. The standard InChI is InChI=1S/C18H15ClN6/c1-12-5-6-14(8-16(12)19)25-18-15(10-24-25)17(22-11-23-18)21-9-13-4-2-3-7-20-13/h2-8,10-11H,9H2,1H3,(H,21,22,23). The quantitative estimate of drug-likeness (QED) is 0.606. The summed E-state index contributed by atoms with van der Waals surface area (Å²) >= 11 is 6.24. The van der Waals surface area contributed by atoms with Crippen LogP contribution in [0.3, 0.4) is 0 Å². The van der Waals surface area contributed by atoms with Gasteiger partial charge in [-0.1, -0.05) is 23.7 Å². The zero-order valence-electron chi connectivity index (χ0n) is 13.5. The van der Waals surface area contributed by atoms with Gasteiger partial charge in [-0.25, -0.2) is 14.6 Å². The van der Waals surface area contributed by atoms with Crippen LogP contribution in [0.4, 0.5) is 5.82 Å². The van der Waals surface area contributed by atoms with Gasteiger partial charge in [0.25, 0.3) is 0 Å². The van der Waals surface area contributed by atoms with E-state index in [2.05, 4.69) is 25.4 Å². The van der Waals surface area contributed by atoms with Crippen LogP contribution in [0.2, 0.25) is 5.02 Å². The Morgan fingerprint density at radius 3 is 2.84 bits per heavy atom. The number of hydrogen-bond acceptors (Lipinski definition) is 5. The molecule has 4 aromatic rings. The highest BCUT2D eigenvalue weighted by Gasteiger charge is 2.12. The van der Waals surface area contributed by atoms with Crippen molar-refractivity contribution in [3.63, 3.8) is 0 Å². The van der Waals surface area contributed by atoms with Crippen molar-refractivity contribution in [1.82, 2.24) is 24.7 Å². The number of nitrogens with one attached hydrogen (secondary N) is 1. The Morgan fingerprint density at radius 2 is 2.04 bits per heavy atom. The Labute approximate surface area is 149 Å². The second-order valence-electron chi connectivity index (χ2n) is 5.62. The molecule has 0 aliphatic rings. The van der Waals surface area contributed by atoms with Gasteiger partial charge >= 0.3 is 0 Å². The summed E-state index contributed by atoms with van der Waals surface area (Å²) in [4.78, 5) is 13.0. The lowest BCUT2D eigenvalue weighted by Gasteiger charge is -2.07. The fourth-order valence-electron chi connectivity index (χ4n) is 2.56. The van der Waals surface area contributed by atoms with Gasteiger partial charge in [0.05, 0.1) is 29.5 Å². The van der Waals surface area contributed by atoms with E-state index in [-0.39, 0.29) is 0 Å². The molecule has 0 saturated carbocycles. The minimum Gasteiger partial charge on any atom is -0.364 e. The molecule has 25 heavy (non-hydrogen) atoms. The van der Waals surface area contributed by atoms with Crippen molar-refractivity contribution in [2.75, 3.05) is 5.32 Å². The summed E-state index contributed by atoms with van der Waals surface area (Å²) in [5.74, 6) is 0.722. The average Bonchev–Trinajstić information content (AvgIpc) is 3.08. The molecule has 0 amide bonds. The molecule has 124 valence electrons. The van der Waals surface area contributed by atoms with Crippen molar-refractivity contribution < 1.29 is 0 Å². The number of fused-ring (bicyclic) bond motifs is 1. The molecule has 0 aliphatic carbocycles. The van der Waals surface area contributed by atoms with E-state index in [9.17, 15) is 0 Å². The largest absolute Gasteiger partial charge is 0.364 e. The van der Waals surface area contributed by atoms with E-state index in [0.717, 1.165) is 33.8 Å². The molecule has 0 aliphatic heterocycles. The van der Waals surface area contributed by atoms with Gasteiger partial charge < -0.3 is 5.32 Å². The molecule has 0 atom stereocenters. The van der Waals surface area contributed by atoms with Crippen molar-refractivity contribution in [1.29, 1.82) is 0 Å². The molecule has 1 aromatic carbocycles. The first-order valence-corrected chi connectivity index (χ1v) is 8.19. The highest BCUT2D eigenvalue weighted by atomic mass is 35.5. The third-order valence-electron chi connectivity index (χ3n) is 3.93. The van der Waals surface area contributed by atoms with E-state index in [1.807, 2.05) is 43.3 Å². The number of aromatic nitrogens is 5. The second kappa shape index (κ2) is 6.49. The summed E-state index contributed by atoms with van der Waals surface area (Å²) in [6, 6.07) is 11.6. The van der Waals surface area contributed by atoms with E-state index < -0.39 is 0 Å². The molecule has 0 saturated heterocycles. The maximum Gasteiger partial charge on any atom is 0.168 e. The summed E-state index contributed by atoms with van der Waals surface area (Å²) in [6.45, 7) is 2.55. The molecule has 1 N–H and O–H groups in total. The number of anilines is 1. The lowest BCUT2D eigenvalue weighted by molar-refractivity contribution is 0.894. The number of aryl methyl sites for hydroxylation is 1. The summed E-state index contributed by atoms with van der Waals surface area (Å²) < 4.78 is 1.76. The number of hydrogen-bond donors (Lipinski definition) is 1. The Morgan fingerprint density at radius 1 is 1.12 bits per heavy atom. The fourth-order valence-corrected chi connectivity index (χ4v) is 2.74. The molecule has 4 rings (SSSR count). The summed E-state index contributed by atoms with van der Waals surface area (Å²) in [7, 11) is 0. The van der Waals surface area contributed by atoms with Crippen LogP contribution >= 0.6 is 11.6 Å². The van der Waals surface area contributed by atoms with E-state index in [4.69, 9.17) is 11.6 Å². The van der Waals surface area contributed by atoms with Crippen molar-refractivity contribution in [2.24, 2.45) is 0 Å². The zero-order valence-corrected chi connectivity index (χ0v) is 14.3. The molecular weight excluding hydrogens is 336 g/mol. The second-order valence-corrected chi connectivity index (χ2v) is 6.03. The molecule has 3 heterocycles. The van der Waals surface area contributed by atoms with E-state index >= 15 is 0 Å². The normalized spacial score (nSPS) is 11.0. The summed E-state index contributed by atoms with van der Waals surface area (Å²) in [5.41, 5.74) is 3.54. The fraction of sp³-hybridized carbons (Fsp3) is 0.111. The smallest absolute Gasteiger partial charge is 0.168 e. The van der Waals surface area contributed by atoms with Gasteiger partial charge in [-0.15, -0.1) is 0 Å². The average molecular weight is 351 g/mol. The monoisotopic (exact) mass is 350 g/mol. The molecule has 0 unspecified atom stereocenters. The molecule has 6 nitrogen and oxygen atoms in total. The van der Waals surface area contributed by atoms with Gasteiger partial charge in [0.1, 0.15) is 12.1 Å². The first-order valence-electron chi connectivity index (χ1n) is 7.81. The Bertz CT molecular complexity index is 1030. The molecule has 3 aromatic heterocycles. The maximum absolute atomic E-state index is 6.24. The van der Waals surface area contributed by atoms with Crippen LogP contribution < -0.4 is 5.32 Å². The highest BCUT2D eigenvalue weighted by molar-refractivity contribution is 6.31. The molecule has 0 spiro atoms. The number of benzene rings is 1. The summed E-state index contributed by atoms with van der Waals surface area (Å²) in [5, 5.41) is 9.29. The third kappa shape index (κ3) is 3.04. The highest BCUT2D eigenvalue weighted by Crippen LogP contribution is 2.24. The zero-order chi connectivity index (χ0) is 17.2. The van der Waals surface area contributed by atoms with Crippen molar-refractivity contribution in [3.8, 4) is 5.69 Å². The number of nitrogens with zero attached hydrogens (tertiary/aromatic N) is 5. The van der Waals surface area contributed by atoms with E-state index in [1.165, 1.54) is 6.33 Å². The first-order chi connectivity index (χ1) is 12.2. The minimum atomic E-state index is 0.578. The van der Waals surface area contributed by atoms with Crippen LogP contribution in [0.15, 0.2) is 55.1 Å². The number of rotatable bonds is 4. The maximum atomic E-state index is 6.24. The van der Waals surface area contributed by atoms with Crippen molar-refractivity contribution >= 4 is 28.5 Å². The topological polar surface area (TPSA) is 68.5 Å². The minimum absolute atomic E-state index is 0.578. The van der Waals surface area contributed by atoms with Gasteiger partial charge in [-0.3, -0.25) is 4.98 Å². The predicted octanol–water partition coefficient (Wildman–Crippen LogP) is 3.78. The lowest BCUT2D eigenvalue weighted by Crippen LogP contribution is -2.04. The van der Waals surface area contributed by atoms with E-state index in [1.54, 1.807) is 17.1 Å². The Hall–Kier alpha value is -2.99. The van der Waals surface area contributed by atoms with E-state index in [0.29, 0.717) is 11.6 Å². The van der Waals surface area contributed by atoms with Gasteiger partial charge in [0.2, 0.25) is 0 Å². The van der Waals surface area contributed by atoms with Crippen LogP contribution in [0.5, 0.6) is 0 Å². The predicted molar refractivity (Wildman–Crippen MR) is 98.0 cm³/mol. The molecule has 0 fully saturated rings. The summed E-state index contributed by atoms with van der Waals surface area (Å²) in [6.07, 6.45) is 5.05. The van der Waals surface area contributed by atoms with Gasteiger partial charge in [0.15, 0.2) is 5.65 Å². The Kier molecular flexibility index (Phi) is 4.03. The molecular formula is C18H15ClN6. The first kappa shape index (κ1) is 15.5. The van der Waals surface area contributed by atoms with Crippen molar-refractivity contribution in [2.45, 2.75) is 13.5 Å². The van der Waals surface area contributed by atoms with Crippen LogP contribution in [0.25, 0.3) is 16.7 Å². The molecule has 7 heteroatoms. The van der Waals surface area contributed by atoms with Crippen LogP contribution in [0, 0.1) is 6.92 Å². The number of halogens is 1. The van der Waals surface area contributed by atoms with Gasteiger partial charge in [-0.05, 0) is 36.8 Å². The van der Waals surface area contributed by atoms with Crippen LogP contribution in [-0.4, -0.2) is 24.7 Å². The van der Waals surface area contributed by atoms with Gasteiger partial charge in [-0.2, -0.15) is 5.10 Å². The third-order valence-corrected chi connectivity index (χ3v) is 4.34. The molecule has 0 radical (unpaired) electrons.